The van der Waals surface area contributed by atoms with Gasteiger partial charge in [0.15, 0.2) is 0 Å². The number of rotatable bonds is 5. The van der Waals surface area contributed by atoms with Gasteiger partial charge in [-0.15, -0.1) is 0 Å². The Morgan fingerprint density at radius 2 is 1.59 bits per heavy atom. The molecule has 2 aliphatic rings. The van der Waals surface area contributed by atoms with Crippen LogP contribution in [0.1, 0.15) is 19.4 Å². The quantitative estimate of drug-likeness (QED) is 0.252. The minimum Gasteiger partial charge on any atom is -0.744 e. The first-order valence-corrected chi connectivity index (χ1v) is 13.4. The first-order valence-electron chi connectivity index (χ1n) is 10.6. The monoisotopic (exact) mass is 501 g/mol. The fourth-order valence-corrected chi connectivity index (χ4v) is 5.43. The van der Waals surface area contributed by atoms with Gasteiger partial charge in [0.05, 0.1) is 15.9 Å². The lowest BCUT2D eigenvalue weighted by atomic mass is 9.93. The lowest BCUT2D eigenvalue weighted by Crippen LogP contribution is -2.29. The maximum Gasteiger partial charge on any atom is 0.294 e. The second-order valence-electron chi connectivity index (χ2n) is 7.92. The van der Waals surface area contributed by atoms with Crippen molar-refractivity contribution in [2.24, 2.45) is 0 Å². The molecule has 2 aromatic carbocycles. The fourth-order valence-electron chi connectivity index (χ4n) is 4.14. The van der Waals surface area contributed by atoms with Crippen LogP contribution in [0.4, 0.5) is 0 Å². The van der Waals surface area contributed by atoms with E-state index < -0.39 is 30.0 Å². The number of benzene rings is 3. The van der Waals surface area contributed by atoms with E-state index in [1.807, 2.05) is 39.0 Å². The molecule has 1 aliphatic carbocycles. The van der Waals surface area contributed by atoms with Gasteiger partial charge in [-0.1, -0.05) is 18.2 Å². The third-order valence-electron chi connectivity index (χ3n) is 5.78. The van der Waals surface area contributed by atoms with Gasteiger partial charge in [0.25, 0.3) is 10.1 Å². The highest BCUT2D eigenvalue weighted by Crippen LogP contribution is 2.42. The van der Waals surface area contributed by atoms with Crippen LogP contribution in [-0.4, -0.2) is 39.0 Å². The van der Waals surface area contributed by atoms with Crippen LogP contribution >= 0.6 is 0 Å². The molecule has 8 nitrogen and oxygen atoms in total. The van der Waals surface area contributed by atoms with Crippen molar-refractivity contribution in [3.8, 4) is 22.5 Å². The van der Waals surface area contributed by atoms with E-state index in [1.165, 1.54) is 6.07 Å². The average Bonchev–Trinajstić information content (AvgIpc) is 2.76. The van der Waals surface area contributed by atoms with E-state index >= 15 is 0 Å². The van der Waals surface area contributed by atoms with Crippen LogP contribution in [0.15, 0.2) is 68.8 Å². The number of hydrogen-bond donors (Lipinski definition) is 1. The highest BCUT2D eigenvalue weighted by molar-refractivity contribution is 7.86. The predicted octanol–water partition coefficient (Wildman–Crippen LogP) is 3.48. The molecule has 34 heavy (non-hydrogen) atoms. The van der Waals surface area contributed by atoms with Crippen LogP contribution in [0.2, 0.25) is 0 Å². The van der Waals surface area contributed by atoms with Gasteiger partial charge in [-0.2, -0.15) is 8.42 Å². The Morgan fingerprint density at radius 1 is 0.912 bits per heavy atom. The van der Waals surface area contributed by atoms with E-state index in [2.05, 4.69) is 4.58 Å². The summed E-state index contributed by atoms with van der Waals surface area (Å²) in [5.41, 5.74) is 2.38. The topological polar surface area (TPSA) is 128 Å². The molecule has 0 saturated heterocycles. The number of hydrogen-bond acceptors (Lipinski definition) is 6. The van der Waals surface area contributed by atoms with Crippen molar-refractivity contribution in [1.29, 1.82) is 0 Å². The molecule has 0 fully saturated rings. The molecule has 10 heteroatoms. The minimum absolute atomic E-state index is 0.0210. The molecule has 178 valence electrons. The van der Waals surface area contributed by atoms with Gasteiger partial charge in [-0.25, -0.2) is 13.0 Å². The van der Waals surface area contributed by atoms with E-state index in [4.69, 9.17) is 4.42 Å². The molecule has 0 bridgehead atoms. The molecular weight excluding hydrogens is 478 g/mol. The van der Waals surface area contributed by atoms with E-state index in [-0.39, 0.29) is 5.56 Å². The standard InChI is InChI=1S/C24H23NO7S2/c1-4-25(5-2)16-7-10-19-22(13-16)32-21-12-15(3)6-9-18(21)24(19)20-11-8-17(33(26,27)28)14-23(20)34(29,30)31/h6-14H,4-5H2,1-3H3,(H-,26,27,28,29,30,31). The highest BCUT2D eigenvalue weighted by Gasteiger charge is 2.24. The van der Waals surface area contributed by atoms with Gasteiger partial charge in [0.1, 0.15) is 34.6 Å². The van der Waals surface area contributed by atoms with Crippen LogP contribution in [-0.2, 0) is 20.2 Å². The van der Waals surface area contributed by atoms with Gasteiger partial charge >= 0.3 is 0 Å². The summed E-state index contributed by atoms with van der Waals surface area (Å²) in [5, 5.41) is 1.47. The molecule has 1 heterocycles. The summed E-state index contributed by atoms with van der Waals surface area (Å²) in [6, 6.07) is 13.9. The first-order chi connectivity index (χ1) is 15.9. The molecule has 4 rings (SSSR count). The summed E-state index contributed by atoms with van der Waals surface area (Å²) in [5.74, 6) is 0.477. The van der Waals surface area contributed by atoms with E-state index in [1.54, 1.807) is 18.2 Å². The lowest BCUT2D eigenvalue weighted by Gasteiger charge is -2.19. The van der Waals surface area contributed by atoms with Gasteiger partial charge in [0, 0.05) is 28.1 Å². The zero-order chi connectivity index (χ0) is 24.8. The molecule has 0 unspecified atom stereocenters. The summed E-state index contributed by atoms with van der Waals surface area (Å²) < 4.78 is 77.5. The van der Waals surface area contributed by atoms with Gasteiger partial charge in [0.2, 0.25) is 5.36 Å². The number of aryl methyl sites for hydroxylation is 1. The molecule has 0 amide bonds. The maximum atomic E-state index is 12.2. The Kier molecular flexibility index (Phi) is 6.11. The number of fused-ring (bicyclic) bond motifs is 2. The molecule has 0 aromatic heterocycles. The van der Waals surface area contributed by atoms with Crippen LogP contribution in [0.3, 0.4) is 0 Å². The van der Waals surface area contributed by atoms with E-state index in [0.29, 0.717) is 33.9 Å². The molecule has 2 aromatic rings. The molecule has 1 aliphatic heterocycles. The SMILES string of the molecule is CC[N+](CC)=c1ccc2c(-c3ccc(S(=O)(=O)O)cc3S(=O)(=O)[O-])c3ccc(C)cc3oc-2c1. The van der Waals surface area contributed by atoms with Gasteiger partial charge < -0.3 is 8.97 Å². The predicted molar refractivity (Wildman–Crippen MR) is 127 cm³/mol. The summed E-state index contributed by atoms with van der Waals surface area (Å²) in [4.78, 5) is -1.43. The molecule has 0 atom stereocenters. The second kappa shape index (κ2) is 8.62. The van der Waals surface area contributed by atoms with Crippen LogP contribution in [0, 0.1) is 6.92 Å². The highest BCUT2D eigenvalue weighted by atomic mass is 32.2. The molecule has 0 saturated carbocycles. The molecular formula is C24H23NO7S2. The van der Waals surface area contributed by atoms with Crippen molar-refractivity contribution in [2.75, 3.05) is 13.1 Å². The largest absolute Gasteiger partial charge is 0.744 e. The van der Waals surface area contributed by atoms with E-state index in [0.717, 1.165) is 30.1 Å². The van der Waals surface area contributed by atoms with Gasteiger partial charge in [-0.3, -0.25) is 4.55 Å². The number of nitrogens with zero attached hydrogens (tertiary/aromatic N) is 1. The zero-order valence-electron chi connectivity index (χ0n) is 18.8. The first kappa shape index (κ1) is 24.1. The van der Waals surface area contributed by atoms with Crippen molar-refractivity contribution >= 4 is 31.2 Å². The Bertz CT molecular complexity index is 1680. The average molecular weight is 502 g/mol. The Morgan fingerprint density at radius 3 is 2.21 bits per heavy atom. The Labute approximate surface area is 197 Å². The maximum absolute atomic E-state index is 12.2. The van der Waals surface area contributed by atoms with Crippen LogP contribution < -0.4 is 9.93 Å². The van der Waals surface area contributed by atoms with E-state index in [9.17, 15) is 25.9 Å². The fraction of sp³-hybridized carbons (Fsp3) is 0.208. The van der Waals surface area contributed by atoms with Crippen molar-refractivity contribution in [3.05, 3.63) is 65.5 Å². The Balaban J connectivity index is 2.21. The normalized spacial score (nSPS) is 12.4. The van der Waals surface area contributed by atoms with Crippen molar-refractivity contribution < 1.29 is 30.4 Å². The van der Waals surface area contributed by atoms with Crippen LogP contribution in [0.25, 0.3) is 33.4 Å². The second-order valence-corrected chi connectivity index (χ2v) is 10.7. The summed E-state index contributed by atoms with van der Waals surface area (Å²) in [6.07, 6.45) is 0. The summed E-state index contributed by atoms with van der Waals surface area (Å²) in [7, 11) is -9.83. The summed E-state index contributed by atoms with van der Waals surface area (Å²) >= 11 is 0. The van der Waals surface area contributed by atoms with Gasteiger partial charge in [-0.05, 0) is 50.6 Å². The lowest BCUT2D eigenvalue weighted by molar-refractivity contribution is 0.463. The van der Waals surface area contributed by atoms with Crippen molar-refractivity contribution in [2.45, 2.75) is 30.6 Å². The Hall–Kier alpha value is -3.05. The molecule has 0 spiro atoms. The minimum atomic E-state index is -5.10. The third kappa shape index (κ3) is 4.37. The summed E-state index contributed by atoms with van der Waals surface area (Å²) in [6.45, 7) is 7.50. The molecule has 0 radical (unpaired) electrons. The van der Waals surface area contributed by atoms with Crippen molar-refractivity contribution in [3.63, 3.8) is 0 Å². The smallest absolute Gasteiger partial charge is 0.294 e. The third-order valence-corrected chi connectivity index (χ3v) is 7.51. The van der Waals surface area contributed by atoms with Crippen molar-refractivity contribution in [1.82, 2.24) is 4.58 Å². The molecule has 1 N–H and O–H groups in total. The zero-order valence-corrected chi connectivity index (χ0v) is 20.4. The van der Waals surface area contributed by atoms with Crippen LogP contribution in [0.5, 0.6) is 0 Å².